The summed E-state index contributed by atoms with van der Waals surface area (Å²) in [6, 6.07) is -12.4. The average molecular weight is 1430 g/mol. The molecule has 0 bridgehead atoms. The third-order valence-corrected chi connectivity index (χ3v) is 18.0. The van der Waals surface area contributed by atoms with E-state index < -0.39 is 204 Å². The topological polar surface area (TPSA) is 544 Å². The standard InChI is InChI=1S/C67H110N16O18/c1-11-35(6)46-61(96)80-47(36(7)85)60(95)72-31-45(86)78-51(53(88)54(68)89)64(99)76-44(32-84)59(94)81-48(39-24-13-12-14-25-39)49(82-58(93)42(29-37-20-15-16-21-37)74-57(92)43(30-38-22-17-18-23-38)77-66(100)101-67(8,9)10)62(97)83-50(52(87)34(4)5)63(98)75-41(28-33(2)3)56(91)73-40(55(90)79-46)26-19-27-71-65(69)70/h12-14,24-25,33-38,40-44,46-53,84-85,87-88H,11,15-23,26-32H2,1-10H3,(H2,68,89)(H,72,95)(H,73,91)(H,74,92)(H,75,98)(H,76,99)(H,77,100)(H,78,86)(H,79,90)(H,80,96)(H,81,94)(H,82,93)(H,83,97)(H4,69,70,71)/t35-,36-,40+,41-,42-,43+,44-,46-,47-,48+,49-,50-,51-,52+,53-/m0/s1. The molecule has 34 heteroatoms. The molecular weight excluding hydrogens is 1320 g/mol. The number of benzene rings is 1. The summed E-state index contributed by atoms with van der Waals surface area (Å²) >= 11 is 0. The lowest BCUT2D eigenvalue weighted by Crippen LogP contribution is -2.65. The van der Waals surface area contributed by atoms with Gasteiger partial charge in [-0.05, 0) is 95.0 Å². The Morgan fingerprint density at radius 3 is 1.65 bits per heavy atom. The predicted molar refractivity (Wildman–Crippen MR) is 367 cm³/mol. The van der Waals surface area contributed by atoms with Crippen LogP contribution in [0.1, 0.15) is 171 Å². The lowest BCUT2D eigenvalue weighted by atomic mass is 9.93. The van der Waals surface area contributed by atoms with Gasteiger partial charge in [0.25, 0.3) is 0 Å². The van der Waals surface area contributed by atoms with Gasteiger partial charge in [0, 0.05) is 6.54 Å². The molecule has 22 N–H and O–H groups in total. The second-order valence-electron chi connectivity index (χ2n) is 28.3. The Hall–Kier alpha value is -8.76. The molecule has 0 aromatic heterocycles. The third kappa shape index (κ3) is 27.6. The predicted octanol–water partition coefficient (Wildman–Crippen LogP) is -3.02. The maximum atomic E-state index is 15.8. The van der Waals surface area contributed by atoms with E-state index in [1.54, 1.807) is 54.5 Å². The van der Waals surface area contributed by atoms with Gasteiger partial charge in [-0.25, -0.2) is 4.79 Å². The van der Waals surface area contributed by atoms with Crippen LogP contribution >= 0.6 is 0 Å². The summed E-state index contributed by atoms with van der Waals surface area (Å²) in [7, 11) is 0. The minimum Gasteiger partial charge on any atom is -0.444 e. The largest absolute Gasteiger partial charge is 0.444 e. The third-order valence-electron chi connectivity index (χ3n) is 18.0. The van der Waals surface area contributed by atoms with Crippen molar-refractivity contribution >= 4 is 82.9 Å². The van der Waals surface area contributed by atoms with Gasteiger partial charge in [-0.1, -0.05) is 130 Å². The maximum Gasteiger partial charge on any atom is 0.408 e. The number of rotatable bonds is 24. The number of nitrogens with one attached hydrogen (secondary N) is 14. The number of amides is 13. The second kappa shape index (κ2) is 40.6. The molecule has 3 aliphatic rings. The first-order valence-corrected chi connectivity index (χ1v) is 34.8. The van der Waals surface area contributed by atoms with Crippen molar-refractivity contribution in [3.05, 3.63) is 35.9 Å². The lowest BCUT2D eigenvalue weighted by Gasteiger charge is -2.34. The molecule has 1 heterocycles. The Morgan fingerprint density at radius 2 is 1.13 bits per heavy atom. The SMILES string of the molecule is CC[C@H](C)[C@@H]1NC(=O)[C@@H](CCCNC(=N)N)NC(=O)[C@H](CC(C)C)NC(=O)[C@H]([C@H](O)C(C)C)NC(=O)[C@@H](NC(=O)[C@H](CC2CCCC2)NC(=O)[C@@H](CC2CCCC2)NC(=O)OC(C)(C)C)[C@@H](c2ccccc2)NC(=O)[C@H](CO)NC(=O)[C@H]([C@H](O)C(N)=O)NC(=O)CNC(=O)[C@H]([C@H](C)O)NC1=O. The molecular formula is C67H110N16O18. The fourth-order valence-electron chi connectivity index (χ4n) is 12.2. The van der Waals surface area contributed by atoms with Gasteiger partial charge in [0.05, 0.1) is 31.4 Å². The first kappa shape index (κ1) is 84.7. The first-order valence-electron chi connectivity index (χ1n) is 34.8. The van der Waals surface area contributed by atoms with Crippen molar-refractivity contribution < 1.29 is 87.5 Å². The molecule has 0 spiro atoms. The van der Waals surface area contributed by atoms with E-state index in [9.17, 15) is 68.4 Å². The number of aliphatic hydroxyl groups is 4. The normalized spacial score (nSPS) is 25.2. The Bertz CT molecular complexity index is 3010. The lowest BCUT2D eigenvalue weighted by molar-refractivity contribution is -0.140. The van der Waals surface area contributed by atoms with Crippen molar-refractivity contribution in [3.63, 3.8) is 0 Å². The summed E-state index contributed by atoms with van der Waals surface area (Å²) in [5, 5.41) is 84.9. The van der Waals surface area contributed by atoms with Crippen LogP contribution in [-0.4, -0.2) is 207 Å². The smallest absolute Gasteiger partial charge is 0.408 e. The van der Waals surface area contributed by atoms with Crippen molar-refractivity contribution in [2.75, 3.05) is 19.7 Å². The summed E-state index contributed by atoms with van der Waals surface area (Å²) in [6.45, 7) is 13.4. The van der Waals surface area contributed by atoms with Crippen molar-refractivity contribution in [1.29, 1.82) is 5.41 Å². The van der Waals surface area contributed by atoms with Crippen LogP contribution in [0.3, 0.4) is 0 Å². The molecule has 34 nitrogen and oxygen atoms in total. The minimum atomic E-state index is -2.57. The van der Waals surface area contributed by atoms with Crippen LogP contribution in [0.4, 0.5) is 4.79 Å². The van der Waals surface area contributed by atoms with Gasteiger partial charge in [0.1, 0.15) is 66.0 Å². The van der Waals surface area contributed by atoms with E-state index in [1.165, 1.54) is 38.1 Å². The molecule has 0 unspecified atom stereocenters. The van der Waals surface area contributed by atoms with Crippen LogP contribution in [-0.2, 0) is 62.3 Å². The van der Waals surface area contributed by atoms with Gasteiger partial charge in [-0.2, -0.15) is 0 Å². The van der Waals surface area contributed by atoms with Crippen molar-refractivity contribution in [2.24, 2.45) is 41.1 Å². The summed E-state index contributed by atoms with van der Waals surface area (Å²) in [5.74, 6) is -16.8. The van der Waals surface area contributed by atoms with E-state index in [4.69, 9.17) is 21.6 Å². The van der Waals surface area contributed by atoms with E-state index >= 15 is 14.4 Å². The Morgan fingerprint density at radius 1 is 0.614 bits per heavy atom. The molecule has 0 radical (unpaired) electrons. The van der Waals surface area contributed by atoms with Crippen molar-refractivity contribution in [2.45, 2.75) is 250 Å². The highest BCUT2D eigenvalue weighted by Gasteiger charge is 2.44. The Labute approximate surface area is 589 Å². The molecule has 15 atom stereocenters. The molecule has 2 saturated carbocycles. The fourth-order valence-corrected chi connectivity index (χ4v) is 12.2. The van der Waals surface area contributed by atoms with E-state index in [-0.39, 0.29) is 62.5 Å². The highest BCUT2D eigenvalue weighted by Crippen LogP contribution is 2.31. The number of hydrogen-bond donors (Lipinski definition) is 20. The molecule has 13 amide bonds. The van der Waals surface area contributed by atoms with Crippen molar-refractivity contribution in [1.82, 2.24) is 69.1 Å². The highest BCUT2D eigenvalue weighted by atomic mass is 16.6. The van der Waals surface area contributed by atoms with Gasteiger partial charge < -0.3 is 106 Å². The molecule has 1 saturated heterocycles. The van der Waals surface area contributed by atoms with Crippen LogP contribution in [0.2, 0.25) is 0 Å². The minimum absolute atomic E-state index is 0.00925. The van der Waals surface area contributed by atoms with Gasteiger partial charge in [-0.3, -0.25) is 62.9 Å². The quantitative estimate of drug-likeness (QED) is 0.0278. The maximum absolute atomic E-state index is 15.8. The number of nitrogens with two attached hydrogens (primary N) is 2. The summed E-state index contributed by atoms with van der Waals surface area (Å²) < 4.78 is 5.55. The molecule has 1 aromatic rings. The summed E-state index contributed by atoms with van der Waals surface area (Å²) in [5.41, 5.74) is 9.99. The zero-order valence-corrected chi connectivity index (χ0v) is 59.5. The zero-order valence-electron chi connectivity index (χ0n) is 59.5. The average Bonchev–Trinajstić information content (AvgIpc) is 1.17. The molecule has 101 heavy (non-hydrogen) atoms. The fraction of sp³-hybridized carbons (Fsp3) is 0.701. The number of alkyl carbamates (subject to hydrolysis) is 1. The zero-order chi connectivity index (χ0) is 75.6. The van der Waals surface area contributed by atoms with E-state index in [0.29, 0.717) is 12.8 Å². The van der Waals surface area contributed by atoms with Gasteiger partial charge in [-0.15, -0.1) is 0 Å². The van der Waals surface area contributed by atoms with Crippen molar-refractivity contribution in [3.8, 4) is 0 Å². The first-order chi connectivity index (χ1) is 47.4. The molecule has 4 rings (SSSR count). The van der Waals surface area contributed by atoms with Gasteiger partial charge in [0.15, 0.2) is 12.1 Å². The monoisotopic (exact) mass is 1430 g/mol. The molecule has 1 aliphatic heterocycles. The Balaban J connectivity index is 2.01. The van der Waals surface area contributed by atoms with Crippen LogP contribution < -0.4 is 80.6 Å². The van der Waals surface area contributed by atoms with E-state index in [1.807, 2.05) is 5.32 Å². The van der Waals surface area contributed by atoms with E-state index in [2.05, 4.69) is 63.8 Å². The van der Waals surface area contributed by atoms with E-state index in [0.717, 1.165) is 45.4 Å². The number of carbonyl (C=O) groups is 13. The molecule has 566 valence electrons. The van der Waals surface area contributed by atoms with Gasteiger partial charge >= 0.3 is 6.09 Å². The summed E-state index contributed by atoms with van der Waals surface area (Å²) in [6.07, 6.45) is -0.785. The number of hydrogen-bond acceptors (Lipinski definition) is 19. The highest BCUT2D eigenvalue weighted by molar-refractivity contribution is 6.01. The Kier molecular flexibility index (Phi) is 34.0. The number of guanidine groups is 1. The van der Waals surface area contributed by atoms with Gasteiger partial charge in [0.2, 0.25) is 70.9 Å². The molecule has 1 aromatic carbocycles. The van der Waals surface area contributed by atoms with Crippen LogP contribution in [0.15, 0.2) is 30.3 Å². The van der Waals surface area contributed by atoms with Crippen LogP contribution in [0.25, 0.3) is 0 Å². The summed E-state index contributed by atoms with van der Waals surface area (Å²) in [4.78, 5) is 187. The number of primary amides is 1. The second-order valence-corrected chi connectivity index (χ2v) is 28.3. The van der Waals surface area contributed by atoms with Crippen LogP contribution in [0.5, 0.6) is 0 Å². The molecule has 3 fully saturated rings. The number of carbonyl (C=O) groups excluding carboxylic acids is 13. The molecule has 2 aliphatic carbocycles. The number of ether oxygens (including phenoxy) is 1. The van der Waals surface area contributed by atoms with Crippen LogP contribution in [0, 0.1) is 35.0 Å². The number of aliphatic hydroxyl groups excluding tert-OH is 4.